The Hall–Kier alpha value is -0.650. The molecule has 2 heterocycles. The van der Waals surface area contributed by atoms with E-state index < -0.39 is 0 Å². The summed E-state index contributed by atoms with van der Waals surface area (Å²) in [5.74, 6) is 0.232. The number of amides is 1. The van der Waals surface area contributed by atoms with Gasteiger partial charge in [-0.2, -0.15) is 0 Å². The average molecular weight is 255 g/mol. The number of hydrogen-bond donors (Lipinski definition) is 1. The van der Waals surface area contributed by atoms with Crippen molar-refractivity contribution in [1.29, 1.82) is 0 Å². The molecule has 0 spiro atoms. The zero-order valence-corrected chi connectivity index (χ0v) is 11.7. The van der Waals surface area contributed by atoms with E-state index in [-0.39, 0.29) is 12.0 Å². The molecule has 3 unspecified atom stereocenters. The third kappa shape index (κ3) is 3.22. The molecule has 3 atom stereocenters. The largest absolute Gasteiger partial charge is 0.375 e. The lowest BCUT2D eigenvalue weighted by molar-refractivity contribution is -0.138. The lowest BCUT2D eigenvalue weighted by atomic mass is 10.1. The second-order valence-electron chi connectivity index (χ2n) is 5.56. The van der Waals surface area contributed by atoms with Crippen molar-refractivity contribution in [1.82, 2.24) is 15.1 Å². The maximum atomic E-state index is 12.3. The average Bonchev–Trinajstić information content (AvgIpc) is 2.36. The Morgan fingerprint density at radius 2 is 2.00 bits per heavy atom. The highest BCUT2D eigenvalue weighted by atomic mass is 16.5. The minimum Gasteiger partial charge on any atom is -0.375 e. The third-order valence-corrected chi connectivity index (χ3v) is 4.12. The van der Waals surface area contributed by atoms with Gasteiger partial charge < -0.3 is 15.0 Å². The van der Waals surface area contributed by atoms with Crippen LogP contribution in [0.15, 0.2) is 0 Å². The molecule has 2 fully saturated rings. The topological polar surface area (TPSA) is 44.8 Å². The Balaban J connectivity index is 1.85. The van der Waals surface area contributed by atoms with E-state index in [9.17, 15) is 4.79 Å². The predicted octanol–water partition coefficient (Wildman–Crippen LogP) is -0.0841. The number of ether oxygens (including phenoxy) is 1. The lowest BCUT2D eigenvalue weighted by Gasteiger charge is -2.42. The van der Waals surface area contributed by atoms with Crippen LogP contribution in [0.25, 0.3) is 0 Å². The Morgan fingerprint density at radius 1 is 1.33 bits per heavy atom. The van der Waals surface area contributed by atoms with Crippen LogP contribution in [0, 0.1) is 0 Å². The molecule has 0 saturated carbocycles. The van der Waals surface area contributed by atoms with Crippen molar-refractivity contribution in [2.24, 2.45) is 0 Å². The molecule has 2 aliphatic heterocycles. The fourth-order valence-electron chi connectivity index (χ4n) is 2.68. The summed E-state index contributed by atoms with van der Waals surface area (Å²) in [6, 6.07) is 0.867. The van der Waals surface area contributed by atoms with Crippen molar-refractivity contribution < 1.29 is 9.53 Å². The van der Waals surface area contributed by atoms with E-state index >= 15 is 0 Å². The maximum Gasteiger partial charge on any atom is 0.225 e. The minimum atomic E-state index is 0.0523. The normalized spacial score (nSPS) is 34.6. The van der Waals surface area contributed by atoms with Gasteiger partial charge in [-0.25, -0.2) is 0 Å². The van der Waals surface area contributed by atoms with E-state index in [1.807, 2.05) is 4.90 Å². The quantitative estimate of drug-likeness (QED) is 0.749. The summed E-state index contributed by atoms with van der Waals surface area (Å²) in [5.41, 5.74) is 0. The van der Waals surface area contributed by atoms with Crippen LogP contribution < -0.4 is 5.32 Å². The van der Waals surface area contributed by atoms with Crippen LogP contribution in [-0.4, -0.2) is 73.7 Å². The van der Waals surface area contributed by atoms with Crippen molar-refractivity contribution in [2.45, 2.75) is 38.5 Å². The number of likely N-dealkylation sites (N-methyl/N-ethyl adjacent to an activating group) is 1. The van der Waals surface area contributed by atoms with Crippen molar-refractivity contribution in [3.8, 4) is 0 Å². The monoisotopic (exact) mass is 255 g/mol. The van der Waals surface area contributed by atoms with Crippen LogP contribution >= 0.6 is 0 Å². The molecule has 104 valence electrons. The van der Waals surface area contributed by atoms with E-state index in [4.69, 9.17) is 4.74 Å². The Bertz CT molecular complexity index is 280. The zero-order valence-electron chi connectivity index (χ0n) is 11.7. The summed E-state index contributed by atoms with van der Waals surface area (Å²) in [7, 11) is 2.13. The molecule has 2 rings (SSSR count). The first-order valence-electron chi connectivity index (χ1n) is 6.90. The van der Waals surface area contributed by atoms with Crippen molar-refractivity contribution in [3.63, 3.8) is 0 Å². The van der Waals surface area contributed by atoms with Gasteiger partial charge in [0.2, 0.25) is 5.91 Å². The molecule has 0 radical (unpaired) electrons. The Morgan fingerprint density at radius 3 is 2.56 bits per heavy atom. The van der Waals surface area contributed by atoms with Gasteiger partial charge in [-0.05, 0) is 20.9 Å². The Labute approximate surface area is 109 Å². The second-order valence-corrected chi connectivity index (χ2v) is 5.56. The minimum absolute atomic E-state index is 0.0523. The van der Waals surface area contributed by atoms with Gasteiger partial charge in [0.05, 0.1) is 19.1 Å². The molecule has 18 heavy (non-hydrogen) atoms. The van der Waals surface area contributed by atoms with E-state index in [0.717, 1.165) is 26.2 Å². The number of nitrogens with one attached hydrogen (secondary N) is 1. The maximum absolute atomic E-state index is 12.3. The van der Waals surface area contributed by atoms with Crippen LogP contribution in [0.5, 0.6) is 0 Å². The van der Waals surface area contributed by atoms with E-state index in [2.05, 4.69) is 31.1 Å². The highest BCUT2D eigenvalue weighted by molar-refractivity contribution is 5.77. The predicted molar refractivity (Wildman–Crippen MR) is 70.5 cm³/mol. The molecule has 1 amide bonds. The van der Waals surface area contributed by atoms with Crippen LogP contribution in [0.3, 0.4) is 0 Å². The third-order valence-electron chi connectivity index (χ3n) is 4.12. The molecule has 0 aromatic carbocycles. The summed E-state index contributed by atoms with van der Waals surface area (Å²) in [4.78, 5) is 16.6. The van der Waals surface area contributed by atoms with Crippen LogP contribution in [0.1, 0.15) is 20.3 Å². The summed E-state index contributed by atoms with van der Waals surface area (Å²) in [5, 5.41) is 3.26. The molecule has 2 aliphatic rings. The van der Waals surface area contributed by atoms with Gasteiger partial charge in [0.25, 0.3) is 0 Å². The van der Waals surface area contributed by atoms with E-state index in [1.54, 1.807) is 0 Å². The van der Waals surface area contributed by atoms with Crippen molar-refractivity contribution in [2.75, 3.05) is 39.8 Å². The standard InChI is InChI=1S/C13H25N3O2/c1-10-8-16(9-11(2)15(10)3)13(17)6-12-7-14-4-5-18-12/h10-12,14H,4-9H2,1-3H3. The number of rotatable bonds is 2. The van der Waals surface area contributed by atoms with Crippen molar-refractivity contribution >= 4 is 5.91 Å². The van der Waals surface area contributed by atoms with Gasteiger partial charge in [0.15, 0.2) is 0 Å². The number of carbonyl (C=O) groups is 1. The highest BCUT2D eigenvalue weighted by Crippen LogP contribution is 2.15. The van der Waals surface area contributed by atoms with E-state index in [1.165, 1.54) is 0 Å². The highest BCUT2D eigenvalue weighted by Gasteiger charge is 2.30. The fourth-order valence-corrected chi connectivity index (χ4v) is 2.68. The first-order chi connectivity index (χ1) is 8.58. The van der Waals surface area contributed by atoms with Crippen LogP contribution in [0.2, 0.25) is 0 Å². The van der Waals surface area contributed by atoms with Crippen LogP contribution in [-0.2, 0) is 9.53 Å². The molecular formula is C13H25N3O2. The number of morpholine rings is 1. The smallest absolute Gasteiger partial charge is 0.225 e. The fraction of sp³-hybridized carbons (Fsp3) is 0.923. The molecule has 2 saturated heterocycles. The number of carbonyl (C=O) groups excluding carboxylic acids is 1. The summed E-state index contributed by atoms with van der Waals surface area (Å²) < 4.78 is 5.59. The lowest BCUT2D eigenvalue weighted by Crippen LogP contribution is -2.57. The number of hydrogen-bond acceptors (Lipinski definition) is 4. The number of piperazine rings is 1. The van der Waals surface area contributed by atoms with Gasteiger partial charge >= 0.3 is 0 Å². The summed E-state index contributed by atoms with van der Waals surface area (Å²) in [6.45, 7) is 8.42. The van der Waals surface area contributed by atoms with Crippen LogP contribution in [0.4, 0.5) is 0 Å². The van der Waals surface area contributed by atoms with E-state index in [0.29, 0.717) is 25.1 Å². The molecular weight excluding hydrogens is 230 g/mol. The first-order valence-corrected chi connectivity index (χ1v) is 6.90. The number of nitrogens with zero attached hydrogens (tertiary/aromatic N) is 2. The van der Waals surface area contributed by atoms with Gasteiger partial charge in [-0.15, -0.1) is 0 Å². The Kier molecular flexibility index (Phi) is 4.59. The summed E-state index contributed by atoms with van der Waals surface area (Å²) in [6.07, 6.45) is 0.562. The van der Waals surface area contributed by atoms with Gasteiger partial charge in [0.1, 0.15) is 0 Å². The summed E-state index contributed by atoms with van der Waals surface area (Å²) >= 11 is 0. The van der Waals surface area contributed by atoms with Gasteiger partial charge in [0, 0.05) is 38.3 Å². The second kappa shape index (κ2) is 5.99. The van der Waals surface area contributed by atoms with Gasteiger partial charge in [-0.1, -0.05) is 0 Å². The first kappa shape index (κ1) is 13.8. The molecule has 0 aromatic rings. The zero-order chi connectivity index (χ0) is 13.1. The molecule has 0 aromatic heterocycles. The molecule has 0 bridgehead atoms. The SMILES string of the molecule is CC1CN(C(=O)CC2CNCCO2)CC(C)N1C. The van der Waals surface area contributed by atoms with Crippen molar-refractivity contribution in [3.05, 3.63) is 0 Å². The molecule has 0 aliphatic carbocycles. The molecule has 5 heteroatoms. The molecule has 1 N–H and O–H groups in total. The van der Waals surface area contributed by atoms with Gasteiger partial charge in [-0.3, -0.25) is 9.69 Å². The molecule has 5 nitrogen and oxygen atoms in total.